The highest BCUT2D eigenvalue weighted by atomic mass is 19.4. The second-order valence-electron chi connectivity index (χ2n) is 6.83. The average molecular weight is 377 g/mol. The number of aliphatic hydroxyl groups is 1. The third-order valence-corrected chi connectivity index (χ3v) is 4.98. The lowest BCUT2D eigenvalue weighted by Gasteiger charge is -2.32. The van der Waals surface area contributed by atoms with Gasteiger partial charge in [0.05, 0.1) is 5.56 Å². The number of nitriles is 1. The van der Waals surface area contributed by atoms with Gasteiger partial charge in [-0.05, 0) is 47.6 Å². The fourth-order valence-electron chi connectivity index (χ4n) is 2.85. The van der Waals surface area contributed by atoms with Crippen molar-refractivity contribution in [1.82, 2.24) is 0 Å². The Bertz CT molecular complexity index is 825. The molecule has 2 atom stereocenters. The number of halogens is 3. The van der Waals surface area contributed by atoms with Crippen LogP contribution in [0.1, 0.15) is 44.2 Å². The summed E-state index contributed by atoms with van der Waals surface area (Å²) in [4.78, 5) is 0. The number of phenolic OH excluding ortho intramolecular Hbond substituents is 1. The summed E-state index contributed by atoms with van der Waals surface area (Å²) in [5.74, 6) is -0.0751. The van der Waals surface area contributed by atoms with Gasteiger partial charge in [0.25, 0.3) is 0 Å². The van der Waals surface area contributed by atoms with Gasteiger partial charge in [-0.2, -0.15) is 18.4 Å². The number of benzene rings is 2. The molecule has 0 aliphatic carbocycles. The molecule has 0 aromatic heterocycles. The van der Waals surface area contributed by atoms with Crippen LogP contribution in [0.15, 0.2) is 42.5 Å². The maximum absolute atomic E-state index is 13.6. The number of hydrogen-bond acceptors (Lipinski definition) is 3. The maximum atomic E-state index is 13.6. The summed E-state index contributed by atoms with van der Waals surface area (Å²) >= 11 is 0. The lowest BCUT2D eigenvalue weighted by atomic mass is 9.84. The zero-order valence-corrected chi connectivity index (χ0v) is 15.2. The van der Waals surface area contributed by atoms with E-state index in [9.17, 15) is 23.4 Å². The summed E-state index contributed by atoms with van der Waals surface area (Å²) in [7, 11) is 0. The van der Waals surface area contributed by atoms with Crippen LogP contribution < -0.4 is 0 Å². The predicted molar refractivity (Wildman–Crippen MR) is 96.9 cm³/mol. The number of aromatic hydroxyl groups is 1. The average Bonchev–Trinajstić information content (AvgIpc) is 2.65. The Morgan fingerprint density at radius 3 is 2.19 bits per heavy atom. The van der Waals surface area contributed by atoms with Gasteiger partial charge in [0.2, 0.25) is 0 Å². The lowest BCUT2D eigenvalue weighted by molar-refractivity contribution is -0.270. The molecule has 2 unspecified atom stereocenters. The van der Waals surface area contributed by atoms with E-state index in [1.54, 1.807) is 6.07 Å². The highest BCUT2D eigenvalue weighted by molar-refractivity contribution is 5.67. The van der Waals surface area contributed by atoms with Crippen molar-refractivity contribution in [1.29, 1.82) is 5.26 Å². The van der Waals surface area contributed by atoms with Crippen LogP contribution in [-0.2, 0) is 5.60 Å². The molecule has 6 heteroatoms. The van der Waals surface area contributed by atoms with Gasteiger partial charge >= 0.3 is 6.18 Å². The number of nitrogens with zero attached hydrogens (tertiary/aromatic N) is 1. The van der Waals surface area contributed by atoms with E-state index in [2.05, 4.69) is 0 Å². The van der Waals surface area contributed by atoms with Gasteiger partial charge in [-0.25, -0.2) is 0 Å². The molecule has 2 N–H and O–H groups in total. The molecule has 0 saturated carbocycles. The highest BCUT2D eigenvalue weighted by Gasteiger charge is 2.54. The van der Waals surface area contributed by atoms with E-state index in [1.807, 2.05) is 19.9 Å². The van der Waals surface area contributed by atoms with Crippen molar-refractivity contribution >= 4 is 0 Å². The van der Waals surface area contributed by atoms with Crippen LogP contribution in [0.2, 0.25) is 0 Å². The molecule has 0 spiro atoms. The number of rotatable bonds is 6. The molecule has 144 valence electrons. The van der Waals surface area contributed by atoms with Gasteiger partial charge < -0.3 is 10.2 Å². The minimum Gasteiger partial charge on any atom is -0.507 e. The molecule has 0 bridgehead atoms. The number of alkyl halides is 3. The molecular formula is C21H22F3NO2. The van der Waals surface area contributed by atoms with Gasteiger partial charge in [0.1, 0.15) is 11.8 Å². The molecule has 2 aromatic carbocycles. The molecule has 2 aromatic rings. The SMILES string of the molecule is CCC(C)CCC(O)(c1ccc(-c2ccc(O)c(C#N)c2)cc1)C(F)(F)F. The molecule has 0 aliphatic heterocycles. The first-order chi connectivity index (χ1) is 12.6. The third-order valence-electron chi connectivity index (χ3n) is 4.98. The molecule has 0 saturated heterocycles. The van der Waals surface area contributed by atoms with E-state index < -0.39 is 18.2 Å². The first-order valence-electron chi connectivity index (χ1n) is 8.75. The molecule has 0 fully saturated rings. The second-order valence-corrected chi connectivity index (χ2v) is 6.83. The van der Waals surface area contributed by atoms with Gasteiger partial charge in [-0.3, -0.25) is 0 Å². The van der Waals surface area contributed by atoms with Crippen LogP contribution in [0.4, 0.5) is 13.2 Å². The Kier molecular flexibility index (Phi) is 6.17. The minimum atomic E-state index is -4.78. The Balaban J connectivity index is 2.36. The largest absolute Gasteiger partial charge is 0.507 e. The van der Waals surface area contributed by atoms with Gasteiger partial charge in [-0.15, -0.1) is 0 Å². The first-order valence-corrected chi connectivity index (χ1v) is 8.75. The molecule has 27 heavy (non-hydrogen) atoms. The van der Waals surface area contributed by atoms with E-state index >= 15 is 0 Å². The topological polar surface area (TPSA) is 64.2 Å². The number of hydrogen-bond donors (Lipinski definition) is 2. The molecule has 0 radical (unpaired) electrons. The molecular weight excluding hydrogens is 355 g/mol. The lowest BCUT2D eigenvalue weighted by Crippen LogP contribution is -2.42. The summed E-state index contributed by atoms with van der Waals surface area (Å²) in [6.45, 7) is 3.76. The van der Waals surface area contributed by atoms with Crippen molar-refractivity contribution in [3.63, 3.8) is 0 Å². The third kappa shape index (κ3) is 4.42. The summed E-state index contributed by atoms with van der Waals surface area (Å²) in [6, 6.07) is 11.7. The summed E-state index contributed by atoms with van der Waals surface area (Å²) in [6.07, 6.45) is -4.18. The molecule has 0 heterocycles. The Hall–Kier alpha value is -2.52. The van der Waals surface area contributed by atoms with E-state index in [-0.39, 0.29) is 29.2 Å². The van der Waals surface area contributed by atoms with Crippen molar-refractivity contribution in [2.75, 3.05) is 0 Å². The van der Waals surface area contributed by atoms with E-state index in [4.69, 9.17) is 5.26 Å². The van der Waals surface area contributed by atoms with Crippen molar-refractivity contribution < 1.29 is 23.4 Å². The van der Waals surface area contributed by atoms with Crippen LogP contribution in [0, 0.1) is 17.2 Å². The van der Waals surface area contributed by atoms with E-state index in [0.717, 1.165) is 6.42 Å². The quantitative estimate of drug-likeness (QED) is 0.698. The molecule has 0 amide bonds. The van der Waals surface area contributed by atoms with Crippen LogP contribution in [0.25, 0.3) is 11.1 Å². The van der Waals surface area contributed by atoms with Crippen molar-refractivity contribution in [3.05, 3.63) is 53.6 Å². The minimum absolute atomic E-state index is 0.0805. The van der Waals surface area contributed by atoms with Crippen molar-refractivity contribution in [2.24, 2.45) is 5.92 Å². The Morgan fingerprint density at radius 1 is 1.07 bits per heavy atom. The zero-order chi connectivity index (χ0) is 20.2. The highest BCUT2D eigenvalue weighted by Crippen LogP contribution is 2.43. The monoisotopic (exact) mass is 377 g/mol. The zero-order valence-electron chi connectivity index (χ0n) is 15.2. The van der Waals surface area contributed by atoms with Crippen LogP contribution in [-0.4, -0.2) is 16.4 Å². The Labute approximate surface area is 156 Å². The second kappa shape index (κ2) is 8.01. The van der Waals surface area contributed by atoms with Crippen LogP contribution >= 0.6 is 0 Å². The number of phenols is 1. The standard InChI is InChI=1S/C21H22F3NO2/c1-3-14(2)10-11-20(27,21(22,23)24)18-7-4-15(5-8-18)16-6-9-19(26)17(12-16)13-25/h4-9,12,14,26-27H,3,10-11H2,1-2H3. The summed E-state index contributed by atoms with van der Waals surface area (Å²) < 4.78 is 40.8. The maximum Gasteiger partial charge on any atom is 0.421 e. The fraction of sp³-hybridized carbons (Fsp3) is 0.381. The van der Waals surface area contributed by atoms with Crippen LogP contribution in [0.3, 0.4) is 0 Å². The first kappa shape index (κ1) is 20.8. The van der Waals surface area contributed by atoms with Crippen molar-refractivity contribution in [3.8, 4) is 22.9 Å². The van der Waals surface area contributed by atoms with Gasteiger partial charge in [0, 0.05) is 0 Å². The van der Waals surface area contributed by atoms with E-state index in [0.29, 0.717) is 11.1 Å². The normalized spacial score (nSPS) is 15.0. The van der Waals surface area contributed by atoms with Crippen LogP contribution in [0.5, 0.6) is 5.75 Å². The fourth-order valence-corrected chi connectivity index (χ4v) is 2.85. The molecule has 0 aliphatic rings. The summed E-state index contributed by atoms with van der Waals surface area (Å²) in [5.41, 5.74) is -1.85. The summed E-state index contributed by atoms with van der Waals surface area (Å²) in [5, 5.41) is 29.0. The van der Waals surface area contributed by atoms with Crippen molar-refractivity contribution in [2.45, 2.75) is 44.9 Å². The van der Waals surface area contributed by atoms with E-state index in [1.165, 1.54) is 36.4 Å². The molecule has 2 rings (SSSR count). The molecule has 3 nitrogen and oxygen atoms in total. The van der Waals surface area contributed by atoms with Gasteiger partial charge in [0.15, 0.2) is 5.60 Å². The smallest absolute Gasteiger partial charge is 0.421 e. The predicted octanol–water partition coefficient (Wildman–Crippen LogP) is 5.51. The van der Waals surface area contributed by atoms with Gasteiger partial charge in [-0.1, -0.05) is 50.6 Å². The Morgan fingerprint density at radius 2 is 1.67 bits per heavy atom.